The number of anilines is 1. The molecule has 0 aliphatic carbocycles. The summed E-state index contributed by atoms with van der Waals surface area (Å²) in [6.45, 7) is 0.919. The number of nitrogens with zero attached hydrogens (tertiary/aromatic N) is 4. The van der Waals surface area contributed by atoms with Crippen molar-refractivity contribution in [3.05, 3.63) is 47.3 Å². The van der Waals surface area contributed by atoms with Gasteiger partial charge in [-0.15, -0.1) is 0 Å². The van der Waals surface area contributed by atoms with Gasteiger partial charge in [-0.25, -0.2) is 32.0 Å². The third-order valence-corrected chi connectivity index (χ3v) is 7.32. The Morgan fingerprint density at radius 2 is 1.91 bits per heavy atom. The minimum absolute atomic E-state index is 0.0855. The molecular formula is C20H21F5N4O5S. The number of halogens is 5. The lowest BCUT2D eigenvalue weighted by molar-refractivity contribution is -0.192. The lowest BCUT2D eigenvalue weighted by Gasteiger charge is -2.34. The van der Waals surface area contributed by atoms with E-state index in [2.05, 4.69) is 9.97 Å². The summed E-state index contributed by atoms with van der Waals surface area (Å²) < 4.78 is 92.2. The van der Waals surface area contributed by atoms with Gasteiger partial charge in [0.2, 0.25) is 16.0 Å². The number of ether oxygens (including phenoxy) is 1. The number of carbonyl (C=O) groups is 1. The lowest BCUT2D eigenvalue weighted by Crippen LogP contribution is -2.42. The number of aromatic nitrogens is 2. The zero-order chi connectivity index (χ0) is 26.2. The first-order chi connectivity index (χ1) is 16.2. The van der Waals surface area contributed by atoms with Gasteiger partial charge in [-0.05, 0) is 24.6 Å². The molecular weight excluding hydrogens is 503 g/mol. The Morgan fingerprint density at radius 3 is 2.51 bits per heavy atom. The number of carboxylic acids is 1. The van der Waals surface area contributed by atoms with E-state index in [4.69, 9.17) is 14.6 Å². The van der Waals surface area contributed by atoms with Gasteiger partial charge in [-0.1, -0.05) is 0 Å². The van der Waals surface area contributed by atoms with E-state index in [-0.39, 0.29) is 13.1 Å². The molecule has 192 valence electrons. The topological polar surface area (TPSA) is 113 Å². The molecule has 0 amide bonds. The molecule has 1 fully saturated rings. The summed E-state index contributed by atoms with van der Waals surface area (Å²) in [4.78, 5) is 19.0. The number of sulfonamides is 1. The average molecular weight is 524 g/mol. The molecule has 2 aromatic rings. The Labute approximate surface area is 197 Å². The molecule has 0 bridgehead atoms. The smallest absolute Gasteiger partial charge is 0.475 e. The summed E-state index contributed by atoms with van der Waals surface area (Å²) in [6.07, 6.45) is -2.91. The van der Waals surface area contributed by atoms with Crippen molar-refractivity contribution >= 4 is 21.9 Å². The molecule has 9 nitrogen and oxygen atoms in total. The molecule has 1 aromatic heterocycles. The molecule has 15 heteroatoms. The number of alkyl halides is 3. The highest BCUT2D eigenvalue weighted by atomic mass is 32.2. The molecule has 1 unspecified atom stereocenters. The van der Waals surface area contributed by atoms with Gasteiger partial charge in [0.25, 0.3) is 0 Å². The van der Waals surface area contributed by atoms with Crippen LogP contribution >= 0.6 is 0 Å². The summed E-state index contributed by atoms with van der Waals surface area (Å²) in [6, 6.07) is 2.43. The van der Waals surface area contributed by atoms with Crippen LogP contribution in [0.1, 0.15) is 17.7 Å². The highest BCUT2D eigenvalue weighted by molar-refractivity contribution is 7.89. The molecule has 0 radical (unpaired) electrons. The molecule has 1 saturated heterocycles. The van der Waals surface area contributed by atoms with Crippen LogP contribution in [0.3, 0.4) is 0 Å². The normalized spacial score (nSPS) is 20.2. The summed E-state index contributed by atoms with van der Waals surface area (Å²) in [7, 11) is -0.537. The SMILES string of the molecule is CN(C)c1ncc2c(n1)C1(CCN(S(=O)(=O)c3cc(F)ccc3F)C1)COC2.O=C(O)C(F)(F)F. The molecule has 2 aliphatic rings. The Morgan fingerprint density at radius 1 is 1.26 bits per heavy atom. The number of hydrogen-bond acceptors (Lipinski definition) is 7. The third-order valence-electron chi connectivity index (χ3n) is 5.46. The molecule has 1 atom stereocenters. The predicted octanol–water partition coefficient (Wildman–Crippen LogP) is 2.32. The maximum Gasteiger partial charge on any atom is 0.490 e. The number of fused-ring (bicyclic) bond motifs is 2. The molecule has 0 saturated carbocycles. The van der Waals surface area contributed by atoms with Crippen molar-refractivity contribution in [2.75, 3.05) is 38.7 Å². The zero-order valence-electron chi connectivity index (χ0n) is 18.5. The van der Waals surface area contributed by atoms with Crippen LogP contribution in [0.5, 0.6) is 0 Å². The second-order valence-corrected chi connectivity index (χ2v) is 10.1. The maximum atomic E-state index is 14.1. The second-order valence-electron chi connectivity index (χ2n) is 8.18. The van der Waals surface area contributed by atoms with Gasteiger partial charge in [0.15, 0.2) is 0 Å². The molecule has 3 heterocycles. The van der Waals surface area contributed by atoms with E-state index in [9.17, 15) is 30.4 Å². The fourth-order valence-corrected chi connectivity index (χ4v) is 5.37. The van der Waals surface area contributed by atoms with Gasteiger partial charge in [0, 0.05) is 38.9 Å². The van der Waals surface area contributed by atoms with Gasteiger partial charge in [-0.3, -0.25) is 0 Å². The molecule has 4 rings (SSSR count). The van der Waals surface area contributed by atoms with E-state index in [1.807, 2.05) is 14.1 Å². The number of rotatable bonds is 3. The summed E-state index contributed by atoms with van der Waals surface area (Å²) in [5, 5.41) is 7.12. The van der Waals surface area contributed by atoms with Gasteiger partial charge in [0.1, 0.15) is 16.5 Å². The van der Waals surface area contributed by atoms with Crippen LogP contribution < -0.4 is 4.90 Å². The minimum atomic E-state index is -5.08. The van der Waals surface area contributed by atoms with E-state index in [0.29, 0.717) is 31.6 Å². The van der Waals surface area contributed by atoms with Crippen molar-refractivity contribution in [3.63, 3.8) is 0 Å². The fourth-order valence-electron chi connectivity index (χ4n) is 3.77. The standard InChI is InChI=1S/C18H20F2N4O3S.C2HF3O2/c1-23(2)17-21-8-12-9-27-11-18(16(12)22-17)5-6-24(10-18)28(25,26)15-7-13(19)3-4-14(15)20;3-2(4,5)1(6)7/h3-4,7-8H,5-6,9-11H2,1-2H3;(H,6,7). The van der Waals surface area contributed by atoms with Crippen molar-refractivity contribution in [3.8, 4) is 0 Å². The average Bonchev–Trinajstić information content (AvgIpc) is 3.20. The van der Waals surface area contributed by atoms with E-state index < -0.39 is 44.1 Å². The monoisotopic (exact) mass is 524 g/mol. The largest absolute Gasteiger partial charge is 0.490 e. The molecule has 35 heavy (non-hydrogen) atoms. The predicted molar refractivity (Wildman–Crippen MR) is 111 cm³/mol. The van der Waals surface area contributed by atoms with Crippen LogP contribution in [0.15, 0.2) is 29.3 Å². The first-order valence-corrected chi connectivity index (χ1v) is 11.5. The highest BCUT2D eigenvalue weighted by Gasteiger charge is 2.48. The van der Waals surface area contributed by atoms with Crippen molar-refractivity contribution < 1.29 is 45.0 Å². The van der Waals surface area contributed by atoms with Crippen LogP contribution in [-0.4, -0.2) is 73.7 Å². The molecule has 1 N–H and O–H groups in total. The van der Waals surface area contributed by atoms with Crippen LogP contribution in [-0.2, 0) is 31.6 Å². The van der Waals surface area contributed by atoms with Crippen molar-refractivity contribution in [1.82, 2.24) is 14.3 Å². The van der Waals surface area contributed by atoms with Crippen molar-refractivity contribution in [2.24, 2.45) is 0 Å². The van der Waals surface area contributed by atoms with Crippen LogP contribution in [0, 0.1) is 11.6 Å². The highest BCUT2D eigenvalue weighted by Crippen LogP contribution is 2.41. The van der Waals surface area contributed by atoms with Crippen LogP contribution in [0.2, 0.25) is 0 Å². The molecule has 2 aliphatic heterocycles. The number of aliphatic carboxylic acids is 1. The van der Waals surface area contributed by atoms with E-state index in [1.54, 1.807) is 11.1 Å². The van der Waals surface area contributed by atoms with E-state index in [0.717, 1.165) is 23.4 Å². The van der Waals surface area contributed by atoms with Gasteiger partial charge in [0.05, 0.1) is 24.3 Å². The Bertz CT molecular complexity index is 1220. The maximum absolute atomic E-state index is 14.1. The van der Waals surface area contributed by atoms with Crippen molar-refractivity contribution in [1.29, 1.82) is 0 Å². The third kappa shape index (κ3) is 5.51. The lowest BCUT2D eigenvalue weighted by atomic mass is 9.81. The van der Waals surface area contributed by atoms with E-state index in [1.165, 1.54) is 4.31 Å². The minimum Gasteiger partial charge on any atom is -0.475 e. The van der Waals surface area contributed by atoms with Crippen LogP contribution in [0.4, 0.5) is 27.9 Å². The summed E-state index contributed by atoms with van der Waals surface area (Å²) in [5.74, 6) is -4.01. The fraction of sp³-hybridized carbons (Fsp3) is 0.450. The molecule has 1 spiro atoms. The van der Waals surface area contributed by atoms with E-state index >= 15 is 0 Å². The Kier molecular flexibility index (Phi) is 7.34. The summed E-state index contributed by atoms with van der Waals surface area (Å²) in [5.41, 5.74) is 0.931. The molecule has 1 aromatic carbocycles. The first kappa shape index (κ1) is 26.7. The van der Waals surface area contributed by atoms with Gasteiger partial charge in [-0.2, -0.15) is 17.5 Å². The van der Waals surface area contributed by atoms with Gasteiger partial charge >= 0.3 is 12.1 Å². The summed E-state index contributed by atoms with van der Waals surface area (Å²) >= 11 is 0. The second kappa shape index (κ2) is 9.62. The van der Waals surface area contributed by atoms with Gasteiger partial charge < -0.3 is 14.7 Å². The number of benzene rings is 1. The Balaban J connectivity index is 0.000000429. The quantitative estimate of drug-likeness (QED) is 0.609. The number of carboxylic acid groups (broad SMARTS) is 1. The van der Waals surface area contributed by atoms with Crippen LogP contribution in [0.25, 0.3) is 0 Å². The number of hydrogen-bond donors (Lipinski definition) is 1. The zero-order valence-corrected chi connectivity index (χ0v) is 19.3. The van der Waals surface area contributed by atoms with Crippen molar-refractivity contribution in [2.45, 2.75) is 29.5 Å². The Hall–Kier alpha value is -2.91. The first-order valence-electron chi connectivity index (χ1n) is 10.0.